The lowest BCUT2D eigenvalue weighted by atomic mass is 9.93. The van der Waals surface area contributed by atoms with E-state index in [1.165, 1.54) is 0 Å². The van der Waals surface area contributed by atoms with Gasteiger partial charge in [-0.1, -0.05) is 6.92 Å². The fourth-order valence-corrected chi connectivity index (χ4v) is 2.70. The quantitative estimate of drug-likeness (QED) is 0.547. The minimum Gasteiger partial charge on any atom is -0.369 e. The minimum atomic E-state index is -0.244. The van der Waals surface area contributed by atoms with Crippen molar-refractivity contribution in [3.8, 4) is 0 Å². The van der Waals surface area contributed by atoms with E-state index in [0.29, 0.717) is 18.4 Å². The van der Waals surface area contributed by atoms with E-state index in [4.69, 9.17) is 11.6 Å². The SMILES string of the molecule is CCCc1nc(NN)cc(N2CC(C(N)=O)CCC2C)n1. The van der Waals surface area contributed by atoms with Gasteiger partial charge in [-0.25, -0.2) is 15.8 Å². The summed E-state index contributed by atoms with van der Waals surface area (Å²) in [7, 11) is 0. The molecule has 116 valence electrons. The molecule has 7 nitrogen and oxygen atoms in total. The highest BCUT2D eigenvalue weighted by atomic mass is 16.1. The monoisotopic (exact) mass is 292 g/mol. The predicted molar refractivity (Wildman–Crippen MR) is 82.6 cm³/mol. The summed E-state index contributed by atoms with van der Waals surface area (Å²) in [6, 6.07) is 2.13. The van der Waals surface area contributed by atoms with E-state index >= 15 is 0 Å². The van der Waals surface area contributed by atoms with E-state index in [2.05, 4.69) is 34.1 Å². The summed E-state index contributed by atoms with van der Waals surface area (Å²) in [5.41, 5.74) is 8.04. The molecule has 1 fully saturated rings. The number of anilines is 2. The number of nitrogens with zero attached hydrogens (tertiary/aromatic N) is 3. The fourth-order valence-electron chi connectivity index (χ4n) is 2.70. The molecule has 2 atom stereocenters. The zero-order valence-corrected chi connectivity index (χ0v) is 12.7. The Morgan fingerprint density at radius 1 is 1.48 bits per heavy atom. The highest BCUT2D eigenvalue weighted by molar-refractivity contribution is 5.77. The Kier molecular flexibility index (Phi) is 4.95. The Morgan fingerprint density at radius 2 is 2.24 bits per heavy atom. The molecule has 0 spiro atoms. The number of aryl methyl sites for hydroxylation is 1. The Hall–Kier alpha value is -1.89. The van der Waals surface area contributed by atoms with Crippen molar-refractivity contribution in [1.29, 1.82) is 0 Å². The van der Waals surface area contributed by atoms with E-state index in [9.17, 15) is 4.79 Å². The number of aromatic nitrogens is 2. The highest BCUT2D eigenvalue weighted by Crippen LogP contribution is 2.27. The van der Waals surface area contributed by atoms with Gasteiger partial charge in [0.25, 0.3) is 0 Å². The molecular weight excluding hydrogens is 268 g/mol. The largest absolute Gasteiger partial charge is 0.369 e. The molecule has 2 heterocycles. The minimum absolute atomic E-state index is 0.125. The smallest absolute Gasteiger partial charge is 0.222 e. The normalized spacial score (nSPS) is 22.1. The molecule has 0 aromatic carbocycles. The number of nitrogens with one attached hydrogen (secondary N) is 1. The lowest BCUT2D eigenvalue weighted by molar-refractivity contribution is -0.122. The Balaban J connectivity index is 2.29. The van der Waals surface area contributed by atoms with Crippen LogP contribution in [0, 0.1) is 5.92 Å². The Morgan fingerprint density at radius 3 is 2.86 bits per heavy atom. The first-order chi connectivity index (χ1) is 10.0. The Bertz CT molecular complexity index is 506. The zero-order valence-electron chi connectivity index (χ0n) is 12.7. The second kappa shape index (κ2) is 6.71. The number of amides is 1. The number of carbonyl (C=O) groups is 1. The summed E-state index contributed by atoms with van der Waals surface area (Å²) >= 11 is 0. The number of nitrogens with two attached hydrogens (primary N) is 2. The lowest BCUT2D eigenvalue weighted by Gasteiger charge is -2.38. The molecule has 0 aliphatic carbocycles. The molecule has 21 heavy (non-hydrogen) atoms. The van der Waals surface area contributed by atoms with Gasteiger partial charge in [-0.2, -0.15) is 0 Å². The van der Waals surface area contributed by atoms with Crippen molar-refractivity contribution in [2.24, 2.45) is 17.5 Å². The standard InChI is InChI=1S/C14H24N6O/c1-3-4-11-17-12(19-16)7-13(18-11)20-8-10(14(15)21)6-5-9(20)2/h7,9-10H,3-6,8,16H2,1-2H3,(H2,15,21)(H,17,18,19). The number of primary amides is 1. The maximum atomic E-state index is 11.5. The first-order valence-corrected chi connectivity index (χ1v) is 7.45. The molecule has 5 N–H and O–H groups in total. The van der Waals surface area contributed by atoms with Crippen molar-refractivity contribution in [3.05, 3.63) is 11.9 Å². The average Bonchev–Trinajstić information content (AvgIpc) is 2.47. The van der Waals surface area contributed by atoms with Crippen LogP contribution in [0.3, 0.4) is 0 Å². The molecule has 1 amide bonds. The van der Waals surface area contributed by atoms with E-state index in [1.807, 2.05) is 6.07 Å². The number of hydrogen-bond acceptors (Lipinski definition) is 6. The number of carbonyl (C=O) groups excluding carboxylic acids is 1. The van der Waals surface area contributed by atoms with E-state index in [1.54, 1.807) is 0 Å². The van der Waals surface area contributed by atoms with Crippen LogP contribution in [0.1, 0.15) is 38.9 Å². The fraction of sp³-hybridized carbons (Fsp3) is 0.643. The van der Waals surface area contributed by atoms with Crippen LogP contribution in [0.25, 0.3) is 0 Å². The van der Waals surface area contributed by atoms with Gasteiger partial charge in [-0.15, -0.1) is 0 Å². The Labute approximate surface area is 125 Å². The average molecular weight is 292 g/mol. The summed E-state index contributed by atoms with van der Waals surface area (Å²) in [6.07, 6.45) is 3.52. The first kappa shape index (κ1) is 15.5. The molecule has 2 rings (SSSR count). The number of hydrogen-bond donors (Lipinski definition) is 3. The summed E-state index contributed by atoms with van der Waals surface area (Å²) in [4.78, 5) is 22.5. The molecule has 0 radical (unpaired) electrons. The zero-order chi connectivity index (χ0) is 15.4. The molecule has 1 aliphatic rings. The molecule has 1 aromatic heterocycles. The van der Waals surface area contributed by atoms with Gasteiger partial charge in [0.15, 0.2) is 0 Å². The topological polar surface area (TPSA) is 110 Å². The molecule has 0 saturated carbocycles. The van der Waals surface area contributed by atoms with Crippen molar-refractivity contribution in [2.45, 2.75) is 45.6 Å². The van der Waals surface area contributed by atoms with E-state index in [-0.39, 0.29) is 11.8 Å². The van der Waals surface area contributed by atoms with Crippen molar-refractivity contribution in [2.75, 3.05) is 16.9 Å². The van der Waals surface area contributed by atoms with Gasteiger partial charge in [0, 0.05) is 25.1 Å². The summed E-state index contributed by atoms with van der Waals surface area (Å²) in [5.74, 6) is 7.28. The van der Waals surface area contributed by atoms with Crippen LogP contribution >= 0.6 is 0 Å². The van der Waals surface area contributed by atoms with E-state index in [0.717, 1.165) is 37.3 Å². The molecule has 7 heteroatoms. The van der Waals surface area contributed by atoms with Crippen LogP contribution in [0.15, 0.2) is 6.07 Å². The predicted octanol–water partition coefficient (Wildman–Crippen LogP) is 0.805. The van der Waals surface area contributed by atoms with Crippen molar-refractivity contribution >= 4 is 17.5 Å². The van der Waals surface area contributed by atoms with Gasteiger partial charge in [0.05, 0.1) is 5.92 Å². The molecule has 1 saturated heterocycles. The maximum absolute atomic E-state index is 11.5. The van der Waals surface area contributed by atoms with Gasteiger partial charge in [0.1, 0.15) is 17.5 Å². The van der Waals surface area contributed by atoms with E-state index < -0.39 is 0 Å². The molecule has 2 unspecified atom stereocenters. The highest BCUT2D eigenvalue weighted by Gasteiger charge is 2.29. The number of piperidine rings is 1. The number of nitrogen functional groups attached to an aromatic ring is 1. The maximum Gasteiger partial charge on any atom is 0.222 e. The lowest BCUT2D eigenvalue weighted by Crippen LogP contribution is -2.46. The van der Waals surface area contributed by atoms with Crippen LogP contribution in [0.2, 0.25) is 0 Å². The third kappa shape index (κ3) is 3.60. The van der Waals surface area contributed by atoms with Gasteiger partial charge in [-0.3, -0.25) is 4.79 Å². The van der Waals surface area contributed by atoms with Crippen LogP contribution in [0.5, 0.6) is 0 Å². The van der Waals surface area contributed by atoms with Gasteiger partial charge in [-0.05, 0) is 26.2 Å². The van der Waals surface area contributed by atoms with Crippen molar-refractivity contribution in [1.82, 2.24) is 9.97 Å². The number of hydrazine groups is 1. The summed E-state index contributed by atoms with van der Waals surface area (Å²) < 4.78 is 0. The van der Waals surface area contributed by atoms with Crippen LogP contribution in [0.4, 0.5) is 11.6 Å². The summed E-state index contributed by atoms with van der Waals surface area (Å²) in [6.45, 7) is 4.82. The van der Waals surface area contributed by atoms with Gasteiger partial charge >= 0.3 is 0 Å². The second-order valence-electron chi connectivity index (χ2n) is 5.60. The van der Waals surface area contributed by atoms with Gasteiger partial charge in [0.2, 0.25) is 5.91 Å². The van der Waals surface area contributed by atoms with Crippen LogP contribution in [-0.4, -0.2) is 28.5 Å². The molecular formula is C14H24N6O. The van der Waals surface area contributed by atoms with Crippen LogP contribution in [-0.2, 0) is 11.2 Å². The van der Waals surface area contributed by atoms with Crippen LogP contribution < -0.4 is 21.9 Å². The molecule has 1 aromatic rings. The first-order valence-electron chi connectivity index (χ1n) is 7.45. The molecule has 1 aliphatic heterocycles. The second-order valence-corrected chi connectivity index (χ2v) is 5.60. The third-order valence-electron chi connectivity index (χ3n) is 3.96. The van der Waals surface area contributed by atoms with Crippen molar-refractivity contribution in [3.63, 3.8) is 0 Å². The summed E-state index contributed by atoms with van der Waals surface area (Å²) in [5, 5.41) is 0. The number of rotatable bonds is 5. The van der Waals surface area contributed by atoms with Crippen molar-refractivity contribution < 1.29 is 4.79 Å². The molecule has 0 bridgehead atoms. The third-order valence-corrected chi connectivity index (χ3v) is 3.96. The van der Waals surface area contributed by atoms with Gasteiger partial charge < -0.3 is 16.1 Å².